The van der Waals surface area contributed by atoms with Crippen LogP contribution in [0.15, 0.2) is 133 Å². The number of para-hydroxylation sites is 2. The number of carbonyl (C=O) groups is 1. The first-order chi connectivity index (χ1) is 20.4. The third-order valence-corrected chi connectivity index (χ3v) is 7.20. The lowest BCUT2D eigenvalue weighted by Crippen LogP contribution is -2.42. The van der Waals surface area contributed by atoms with Crippen LogP contribution in [0.5, 0.6) is 0 Å². The molecule has 5 rings (SSSR count). The average Bonchev–Trinajstić information content (AvgIpc) is 3.02. The molecule has 0 aliphatic heterocycles. The average molecular weight is 549 g/mol. The number of hydrogen-bond donors (Lipinski definition) is 0. The number of anilines is 3. The van der Waals surface area contributed by atoms with E-state index < -0.39 is 0 Å². The quantitative estimate of drug-likeness (QED) is 0.189. The molecule has 0 bridgehead atoms. The number of rotatable bonds is 7. The van der Waals surface area contributed by atoms with Crippen LogP contribution in [0.4, 0.5) is 17.1 Å². The van der Waals surface area contributed by atoms with E-state index in [0.717, 1.165) is 39.3 Å². The summed E-state index contributed by atoms with van der Waals surface area (Å²) >= 11 is 0. The minimum Gasteiger partial charge on any atom is -0.334 e. The Kier molecular flexibility index (Phi) is 8.85. The third-order valence-electron chi connectivity index (χ3n) is 7.20. The van der Waals surface area contributed by atoms with E-state index in [0.29, 0.717) is 5.56 Å². The van der Waals surface area contributed by atoms with Crippen LogP contribution in [0.3, 0.4) is 0 Å². The number of benzene rings is 5. The molecule has 0 unspecified atom stereocenters. The highest BCUT2D eigenvalue weighted by atomic mass is 16.2. The zero-order chi connectivity index (χ0) is 29.5. The van der Waals surface area contributed by atoms with E-state index in [9.17, 15) is 4.79 Å². The van der Waals surface area contributed by atoms with Crippen molar-refractivity contribution in [2.45, 2.75) is 39.8 Å². The van der Waals surface area contributed by atoms with Gasteiger partial charge < -0.3 is 9.80 Å². The van der Waals surface area contributed by atoms with Crippen molar-refractivity contribution < 1.29 is 4.79 Å². The Balaban J connectivity index is 1.29. The van der Waals surface area contributed by atoms with Crippen LogP contribution in [0.1, 0.15) is 49.2 Å². The van der Waals surface area contributed by atoms with E-state index in [1.807, 2.05) is 53.4 Å². The molecule has 5 aromatic carbocycles. The fraction of sp³-hybridized carbons (Fsp3) is 0.154. The number of amides is 1. The molecule has 5 aromatic rings. The topological polar surface area (TPSA) is 23.6 Å². The molecule has 0 radical (unpaired) electrons. The first kappa shape index (κ1) is 28.5. The van der Waals surface area contributed by atoms with Gasteiger partial charge in [-0.25, -0.2) is 0 Å². The Morgan fingerprint density at radius 1 is 0.500 bits per heavy atom. The maximum absolute atomic E-state index is 13.0. The fourth-order valence-corrected chi connectivity index (χ4v) is 5.21. The van der Waals surface area contributed by atoms with Crippen LogP contribution in [0, 0.1) is 11.8 Å². The van der Waals surface area contributed by atoms with E-state index in [1.54, 1.807) is 0 Å². The van der Waals surface area contributed by atoms with Gasteiger partial charge in [-0.15, -0.1) is 0 Å². The SMILES string of the molecule is CC(C)N(C(=O)c1ccc(-c2ccc(C#Cc3ccc(N(c4ccccc4)c4ccccc4)cc3)cc2)cc1)C(C)C. The van der Waals surface area contributed by atoms with E-state index in [2.05, 4.69) is 129 Å². The summed E-state index contributed by atoms with van der Waals surface area (Å²) in [6, 6.07) is 45.5. The Labute approximate surface area is 250 Å². The van der Waals surface area contributed by atoms with Crippen LogP contribution in [0.25, 0.3) is 11.1 Å². The normalized spacial score (nSPS) is 10.7. The molecular formula is C39H36N2O. The Bertz CT molecular complexity index is 1610. The summed E-state index contributed by atoms with van der Waals surface area (Å²) in [5, 5.41) is 0. The molecule has 0 aliphatic carbocycles. The minimum atomic E-state index is 0.0676. The van der Waals surface area contributed by atoms with Gasteiger partial charge in [0.1, 0.15) is 0 Å². The van der Waals surface area contributed by atoms with Gasteiger partial charge in [-0.2, -0.15) is 0 Å². The smallest absolute Gasteiger partial charge is 0.254 e. The zero-order valence-corrected chi connectivity index (χ0v) is 24.7. The highest BCUT2D eigenvalue weighted by Gasteiger charge is 2.21. The molecule has 0 aliphatic rings. The number of hydrogen-bond acceptors (Lipinski definition) is 2. The van der Waals surface area contributed by atoms with Crippen molar-refractivity contribution in [1.29, 1.82) is 0 Å². The van der Waals surface area contributed by atoms with Crippen LogP contribution < -0.4 is 4.90 Å². The van der Waals surface area contributed by atoms with Crippen molar-refractivity contribution >= 4 is 23.0 Å². The third kappa shape index (κ3) is 6.62. The van der Waals surface area contributed by atoms with Gasteiger partial charge in [0.15, 0.2) is 0 Å². The molecule has 0 atom stereocenters. The molecular weight excluding hydrogens is 512 g/mol. The Morgan fingerprint density at radius 2 is 0.881 bits per heavy atom. The lowest BCUT2D eigenvalue weighted by molar-refractivity contribution is 0.0643. The summed E-state index contributed by atoms with van der Waals surface area (Å²) in [6.07, 6.45) is 0. The predicted molar refractivity (Wildman–Crippen MR) is 175 cm³/mol. The zero-order valence-electron chi connectivity index (χ0n) is 24.7. The van der Waals surface area contributed by atoms with E-state index in [-0.39, 0.29) is 18.0 Å². The van der Waals surface area contributed by atoms with Crippen molar-refractivity contribution in [3.8, 4) is 23.0 Å². The highest BCUT2D eigenvalue weighted by molar-refractivity contribution is 5.95. The van der Waals surface area contributed by atoms with Crippen molar-refractivity contribution in [1.82, 2.24) is 4.90 Å². The molecule has 208 valence electrons. The van der Waals surface area contributed by atoms with Crippen LogP contribution >= 0.6 is 0 Å². The highest BCUT2D eigenvalue weighted by Crippen LogP contribution is 2.34. The van der Waals surface area contributed by atoms with E-state index >= 15 is 0 Å². The van der Waals surface area contributed by atoms with Gasteiger partial charge in [0.05, 0.1) is 0 Å². The van der Waals surface area contributed by atoms with E-state index in [4.69, 9.17) is 0 Å². The Morgan fingerprint density at radius 3 is 1.31 bits per heavy atom. The van der Waals surface area contributed by atoms with Gasteiger partial charge in [-0.1, -0.05) is 72.5 Å². The van der Waals surface area contributed by atoms with Crippen LogP contribution in [0.2, 0.25) is 0 Å². The molecule has 3 nitrogen and oxygen atoms in total. The first-order valence-electron chi connectivity index (χ1n) is 14.5. The predicted octanol–water partition coefficient (Wildman–Crippen LogP) is 9.48. The largest absolute Gasteiger partial charge is 0.334 e. The number of carbonyl (C=O) groups excluding carboxylic acids is 1. The molecule has 0 saturated carbocycles. The maximum atomic E-state index is 13.0. The summed E-state index contributed by atoms with van der Waals surface area (Å²) < 4.78 is 0. The molecule has 0 N–H and O–H groups in total. The molecule has 0 aromatic heterocycles. The molecule has 1 amide bonds. The molecule has 0 spiro atoms. The monoisotopic (exact) mass is 548 g/mol. The summed E-state index contributed by atoms with van der Waals surface area (Å²) in [5.74, 6) is 6.67. The summed E-state index contributed by atoms with van der Waals surface area (Å²) in [5.41, 5.74) is 8.09. The van der Waals surface area contributed by atoms with Gasteiger partial charge >= 0.3 is 0 Å². The second-order valence-corrected chi connectivity index (χ2v) is 10.9. The Hall–Kier alpha value is -5.07. The standard InChI is InChI=1S/C39H36N2O/c1-29(2)40(30(3)4)39(42)35-25-23-34(24-26-35)33-21-17-31(18-22-33)15-16-32-19-27-38(28-20-32)41(36-11-7-5-8-12-36)37-13-9-6-10-14-37/h5-14,17-30H,1-4H3. The van der Waals surface area contributed by atoms with Gasteiger partial charge in [-0.05, 0) is 112 Å². The van der Waals surface area contributed by atoms with Crippen LogP contribution in [-0.4, -0.2) is 22.9 Å². The maximum Gasteiger partial charge on any atom is 0.254 e. The van der Waals surface area contributed by atoms with Gasteiger partial charge in [0.2, 0.25) is 0 Å². The fourth-order valence-electron chi connectivity index (χ4n) is 5.21. The number of nitrogens with zero attached hydrogens (tertiary/aromatic N) is 2. The molecule has 0 heterocycles. The van der Waals surface area contributed by atoms with Gasteiger partial charge in [0, 0.05) is 45.8 Å². The van der Waals surface area contributed by atoms with Crippen molar-refractivity contribution in [2.75, 3.05) is 4.90 Å². The van der Waals surface area contributed by atoms with Crippen molar-refractivity contribution in [2.24, 2.45) is 0 Å². The molecule has 3 heteroatoms. The summed E-state index contributed by atoms with van der Waals surface area (Å²) in [4.78, 5) is 17.2. The van der Waals surface area contributed by atoms with Crippen LogP contribution in [-0.2, 0) is 0 Å². The summed E-state index contributed by atoms with van der Waals surface area (Å²) in [6.45, 7) is 8.21. The van der Waals surface area contributed by atoms with E-state index in [1.165, 1.54) is 0 Å². The molecule has 0 fully saturated rings. The lowest BCUT2D eigenvalue weighted by atomic mass is 10.0. The summed E-state index contributed by atoms with van der Waals surface area (Å²) in [7, 11) is 0. The van der Waals surface area contributed by atoms with Crippen molar-refractivity contribution in [3.05, 3.63) is 150 Å². The minimum absolute atomic E-state index is 0.0676. The van der Waals surface area contributed by atoms with Gasteiger partial charge in [0.25, 0.3) is 5.91 Å². The first-order valence-corrected chi connectivity index (χ1v) is 14.5. The second kappa shape index (κ2) is 13.1. The molecule has 42 heavy (non-hydrogen) atoms. The second-order valence-electron chi connectivity index (χ2n) is 10.9. The van der Waals surface area contributed by atoms with Gasteiger partial charge in [-0.3, -0.25) is 4.79 Å². The molecule has 0 saturated heterocycles. The lowest BCUT2D eigenvalue weighted by Gasteiger charge is -2.30. The van der Waals surface area contributed by atoms with Crippen molar-refractivity contribution in [3.63, 3.8) is 0 Å².